The van der Waals surface area contributed by atoms with Crippen LogP contribution in [0.25, 0.3) is 0 Å². The van der Waals surface area contributed by atoms with Crippen molar-refractivity contribution in [3.05, 3.63) is 29.8 Å². The van der Waals surface area contributed by atoms with Gasteiger partial charge < -0.3 is 20.3 Å². The van der Waals surface area contributed by atoms with Gasteiger partial charge in [-0.3, -0.25) is 0 Å². The fourth-order valence-corrected chi connectivity index (χ4v) is 3.44. The summed E-state index contributed by atoms with van der Waals surface area (Å²) in [4.78, 5) is 2.19. The first-order valence-electron chi connectivity index (χ1n) is 8.45. The van der Waals surface area contributed by atoms with Crippen molar-refractivity contribution >= 4 is 17.3 Å². The summed E-state index contributed by atoms with van der Waals surface area (Å²) in [6.45, 7) is 0.756. The molecule has 2 rings (SSSR count). The van der Waals surface area contributed by atoms with Crippen molar-refractivity contribution in [3.8, 4) is 5.75 Å². The van der Waals surface area contributed by atoms with Crippen LogP contribution in [0.3, 0.4) is 0 Å². The fourth-order valence-electron chi connectivity index (χ4n) is 3.19. The number of benzene rings is 1. The van der Waals surface area contributed by atoms with Gasteiger partial charge in [0.2, 0.25) is 0 Å². The molecule has 0 amide bonds. The monoisotopic (exact) mass is 335 g/mol. The van der Waals surface area contributed by atoms with E-state index in [0.717, 1.165) is 17.4 Å². The Labute approximate surface area is 145 Å². The predicted octanol–water partition coefficient (Wildman–Crippen LogP) is 3.09. The lowest BCUT2D eigenvalue weighted by Gasteiger charge is -2.29. The molecule has 1 unspecified atom stereocenters. The number of hydrogen-bond donors (Lipinski definition) is 2. The summed E-state index contributed by atoms with van der Waals surface area (Å²) in [5.74, 6) is 0.916. The number of thiocarbonyl (C=S) groups is 1. The molecular formula is C18H29N3OS. The summed E-state index contributed by atoms with van der Waals surface area (Å²) < 4.78 is 5.50. The van der Waals surface area contributed by atoms with E-state index in [1.807, 2.05) is 18.2 Å². The zero-order valence-electron chi connectivity index (χ0n) is 14.5. The number of methoxy groups -OCH3 is 1. The lowest BCUT2D eigenvalue weighted by atomic mass is 9.96. The summed E-state index contributed by atoms with van der Waals surface area (Å²) in [5, 5.41) is 7.61. The molecule has 128 valence electrons. The standard InChI is InChI=1S/C18H29N3OS/c1-21(2)16(15-11-7-8-12-17(15)22-3)13-19-18(23)20-14-9-5-4-6-10-14/h7-8,11-12,14,16H,4-6,9-10,13H2,1-3H3,(H2,19,20,23). The van der Waals surface area contributed by atoms with E-state index < -0.39 is 0 Å². The maximum atomic E-state index is 5.50. The SMILES string of the molecule is COc1ccccc1C(CNC(=S)NC1CCCCC1)N(C)C. The molecule has 4 nitrogen and oxygen atoms in total. The Morgan fingerprint density at radius 1 is 1.26 bits per heavy atom. The summed E-state index contributed by atoms with van der Waals surface area (Å²) in [7, 11) is 5.88. The zero-order valence-corrected chi connectivity index (χ0v) is 15.3. The summed E-state index contributed by atoms with van der Waals surface area (Å²) in [6, 6.07) is 8.91. The minimum atomic E-state index is 0.206. The molecule has 1 saturated carbocycles. The highest BCUT2D eigenvalue weighted by Crippen LogP contribution is 2.27. The molecule has 1 aliphatic carbocycles. The average Bonchev–Trinajstić information content (AvgIpc) is 2.56. The summed E-state index contributed by atoms with van der Waals surface area (Å²) >= 11 is 5.48. The second-order valence-electron chi connectivity index (χ2n) is 6.41. The topological polar surface area (TPSA) is 36.5 Å². The highest BCUT2D eigenvalue weighted by molar-refractivity contribution is 7.80. The van der Waals surface area contributed by atoms with E-state index in [0.29, 0.717) is 6.04 Å². The third kappa shape index (κ3) is 5.36. The molecule has 1 aromatic carbocycles. The zero-order chi connectivity index (χ0) is 16.7. The van der Waals surface area contributed by atoms with Crippen molar-refractivity contribution < 1.29 is 4.74 Å². The Kier molecular flexibility index (Phi) is 7.12. The van der Waals surface area contributed by atoms with Gasteiger partial charge in [0.05, 0.1) is 13.2 Å². The number of hydrogen-bond acceptors (Lipinski definition) is 3. The van der Waals surface area contributed by atoms with Crippen molar-refractivity contribution in [3.63, 3.8) is 0 Å². The molecule has 5 heteroatoms. The Morgan fingerprint density at radius 2 is 1.96 bits per heavy atom. The van der Waals surface area contributed by atoms with Crippen LogP contribution in [0.5, 0.6) is 5.75 Å². The fraction of sp³-hybridized carbons (Fsp3) is 0.611. The van der Waals surface area contributed by atoms with E-state index in [9.17, 15) is 0 Å². The molecule has 0 aliphatic heterocycles. The first-order chi connectivity index (χ1) is 11.1. The van der Waals surface area contributed by atoms with Crippen LogP contribution < -0.4 is 15.4 Å². The normalized spacial score (nSPS) is 16.9. The van der Waals surface area contributed by atoms with E-state index in [4.69, 9.17) is 17.0 Å². The maximum absolute atomic E-state index is 5.50. The van der Waals surface area contributed by atoms with Crippen molar-refractivity contribution in [2.24, 2.45) is 0 Å². The van der Waals surface area contributed by atoms with Gasteiger partial charge in [-0.05, 0) is 45.2 Å². The van der Waals surface area contributed by atoms with Crippen LogP contribution in [-0.2, 0) is 0 Å². The van der Waals surface area contributed by atoms with Crippen LogP contribution in [0.2, 0.25) is 0 Å². The Hall–Kier alpha value is -1.33. The summed E-state index contributed by atoms with van der Waals surface area (Å²) in [5.41, 5.74) is 1.17. The first-order valence-corrected chi connectivity index (χ1v) is 8.86. The Morgan fingerprint density at radius 3 is 2.61 bits per heavy atom. The number of nitrogens with zero attached hydrogens (tertiary/aromatic N) is 1. The average molecular weight is 336 g/mol. The molecule has 23 heavy (non-hydrogen) atoms. The number of para-hydroxylation sites is 1. The molecular weight excluding hydrogens is 306 g/mol. The van der Waals surface area contributed by atoms with Gasteiger partial charge in [0.25, 0.3) is 0 Å². The smallest absolute Gasteiger partial charge is 0.166 e. The molecule has 0 heterocycles. The summed E-state index contributed by atoms with van der Waals surface area (Å²) in [6.07, 6.45) is 6.43. The van der Waals surface area contributed by atoms with Crippen LogP contribution in [0.1, 0.15) is 43.7 Å². The quantitative estimate of drug-likeness (QED) is 0.781. The van der Waals surface area contributed by atoms with Crippen molar-refractivity contribution in [2.75, 3.05) is 27.7 Å². The van der Waals surface area contributed by atoms with Crippen LogP contribution in [-0.4, -0.2) is 43.8 Å². The largest absolute Gasteiger partial charge is 0.496 e. The van der Waals surface area contributed by atoms with E-state index in [2.05, 4.69) is 35.7 Å². The Balaban J connectivity index is 1.93. The van der Waals surface area contributed by atoms with Crippen molar-refractivity contribution in [2.45, 2.75) is 44.2 Å². The lowest BCUT2D eigenvalue weighted by Crippen LogP contribution is -2.45. The minimum absolute atomic E-state index is 0.206. The molecule has 1 aliphatic rings. The molecule has 0 aromatic heterocycles. The second kappa shape index (κ2) is 9.08. The molecule has 2 N–H and O–H groups in total. The predicted molar refractivity (Wildman–Crippen MR) is 100 cm³/mol. The van der Waals surface area contributed by atoms with Gasteiger partial charge in [-0.1, -0.05) is 37.5 Å². The third-order valence-electron chi connectivity index (χ3n) is 4.52. The molecule has 1 fully saturated rings. The second-order valence-corrected chi connectivity index (χ2v) is 6.82. The molecule has 1 atom stereocenters. The number of ether oxygens (including phenoxy) is 1. The highest BCUT2D eigenvalue weighted by atomic mass is 32.1. The number of nitrogens with one attached hydrogen (secondary N) is 2. The number of rotatable bonds is 6. The molecule has 0 bridgehead atoms. The van der Waals surface area contributed by atoms with Crippen LogP contribution in [0.15, 0.2) is 24.3 Å². The van der Waals surface area contributed by atoms with E-state index in [-0.39, 0.29) is 6.04 Å². The minimum Gasteiger partial charge on any atom is -0.496 e. The lowest BCUT2D eigenvalue weighted by molar-refractivity contribution is 0.287. The first kappa shape index (κ1) is 18.0. The van der Waals surface area contributed by atoms with E-state index in [1.165, 1.54) is 37.7 Å². The van der Waals surface area contributed by atoms with Crippen LogP contribution >= 0.6 is 12.2 Å². The van der Waals surface area contributed by atoms with E-state index >= 15 is 0 Å². The van der Waals surface area contributed by atoms with Crippen LogP contribution in [0, 0.1) is 0 Å². The van der Waals surface area contributed by atoms with Gasteiger partial charge in [-0.15, -0.1) is 0 Å². The van der Waals surface area contributed by atoms with E-state index in [1.54, 1.807) is 7.11 Å². The molecule has 0 radical (unpaired) electrons. The molecule has 1 aromatic rings. The van der Waals surface area contributed by atoms with Gasteiger partial charge in [-0.2, -0.15) is 0 Å². The van der Waals surface area contributed by atoms with Gasteiger partial charge in [0.1, 0.15) is 5.75 Å². The van der Waals surface area contributed by atoms with Crippen LogP contribution in [0.4, 0.5) is 0 Å². The number of likely N-dealkylation sites (N-methyl/N-ethyl adjacent to an activating group) is 1. The Bertz CT molecular complexity index is 501. The third-order valence-corrected chi connectivity index (χ3v) is 4.78. The van der Waals surface area contributed by atoms with Gasteiger partial charge in [-0.25, -0.2) is 0 Å². The van der Waals surface area contributed by atoms with Gasteiger partial charge >= 0.3 is 0 Å². The highest BCUT2D eigenvalue weighted by Gasteiger charge is 2.19. The van der Waals surface area contributed by atoms with Crippen molar-refractivity contribution in [1.29, 1.82) is 0 Å². The van der Waals surface area contributed by atoms with Gasteiger partial charge in [0.15, 0.2) is 5.11 Å². The molecule has 0 spiro atoms. The van der Waals surface area contributed by atoms with Crippen molar-refractivity contribution in [1.82, 2.24) is 15.5 Å². The molecule has 0 saturated heterocycles. The maximum Gasteiger partial charge on any atom is 0.166 e. The van der Waals surface area contributed by atoms with Gasteiger partial charge in [0, 0.05) is 18.2 Å².